The first-order valence-corrected chi connectivity index (χ1v) is 23.2. The molecule has 0 unspecified atom stereocenters. The molecule has 3 saturated heterocycles. The first kappa shape index (κ1) is 49.0. The SMILES string of the molecule is CC(C)CC[C@H](O)[C@@H](C)[C@H]1[C@@H](O[C@@H]2O[C@H](CO)[C@H](O)[C@H](O[C@@H]3O[C@@H](C)[C@H](O)[C@@H](O)[C@H]3O)[C@H]2O)C[C@H]2[C@@H]3CC=C4C[C@@H](O[C@@H]5O[C@H](CO)[C@@H](O)[C@H](O)[C@H]5O)CC[C@]4(C)[C@H]3CC[C@]12C. The molecule has 17 nitrogen and oxygen atoms in total. The minimum absolute atomic E-state index is 0.138. The van der Waals surface area contributed by atoms with Gasteiger partial charge in [-0.2, -0.15) is 0 Å². The van der Waals surface area contributed by atoms with E-state index < -0.39 is 118 Å². The third-order valence-corrected chi connectivity index (χ3v) is 16.8. The standard InChI is InChI=1S/C45H76O17/c1-19(2)7-10-27(48)20(3)31-28(59-43-39(56)40(34(51)30(18-47)61-43)62-41-37(54)35(52)32(49)21(4)57-41)16-26-24-9-8-22-15-23(11-13-44(22,5)25(24)12-14-45(26,31)6)58-42-38(55)36(53)33(50)29(17-46)60-42/h8,19-21,23-43,46-56H,7,9-18H2,1-6H3/t20-,21+,23+,24-,25+,26+,27+,28+,29-,30-,31+,32+,33-,34+,35-,36+,37-,38-,39-,40+,41+,42-,43-,44+,45+/m1/s1. The van der Waals surface area contributed by atoms with Crippen molar-refractivity contribution in [2.75, 3.05) is 13.2 Å². The fourth-order valence-electron chi connectivity index (χ4n) is 13.0. The molecule has 0 spiro atoms. The predicted molar refractivity (Wildman–Crippen MR) is 218 cm³/mol. The first-order chi connectivity index (χ1) is 29.2. The zero-order valence-corrected chi connectivity index (χ0v) is 37.1. The molecule has 0 bridgehead atoms. The summed E-state index contributed by atoms with van der Waals surface area (Å²) in [7, 11) is 0. The summed E-state index contributed by atoms with van der Waals surface area (Å²) in [5.74, 6) is 0.813. The van der Waals surface area contributed by atoms with E-state index in [9.17, 15) is 56.2 Å². The summed E-state index contributed by atoms with van der Waals surface area (Å²) in [4.78, 5) is 0. The Morgan fingerprint density at radius 3 is 1.95 bits per heavy atom. The molecule has 17 heteroatoms. The van der Waals surface area contributed by atoms with E-state index in [0.29, 0.717) is 37.5 Å². The molecule has 62 heavy (non-hydrogen) atoms. The molecular weight excluding hydrogens is 812 g/mol. The maximum absolute atomic E-state index is 11.8. The molecule has 6 fully saturated rings. The highest BCUT2D eigenvalue weighted by Gasteiger charge is 2.64. The van der Waals surface area contributed by atoms with Crippen LogP contribution in [0.2, 0.25) is 0 Å². The summed E-state index contributed by atoms with van der Waals surface area (Å²) >= 11 is 0. The average molecular weight is 889 g/mol. The molecule has 358 valence electrons. The average Bonchev–Trinajstić information content (AvgIpc) is 3.54. The van der Waals surface area contributed by atoms with Crippen LogP contribution in [0.15, 0.2) is 11.6 Å². The molecule has 3 aliphatic heterocycles. The van der Waals surface area contributed by atoms with E-state index in [-0.39, 0.29) is 40.6 Å². The number of allylic oxidation sites excluding steroid dienone is 1. The lowest BCUT2D eigenvalue weighted by atomic mass is 9.47. The molecule has 25 atom stereocenters. The van der Waals surface area contributed by atoms with E-state index in [1.807, 2.05) is 0 Å². The van der Waals surface area contributed by atoms with Crippen molar-refractivity contribution in [2.24, 2.45) is 46.3 Å². The lowest BCUT2D eigenvalue weighted by Gasteiger charge is -2.58. The number of ether oxygens (including phenoxy) is 6. The number of hydrogen-bond acceptors (Lipinski definition) is 17. The van der Waals surface area contributed by atoms with Gasteiger partial charge in [-0.25, -0.2) is 0 Å². The minimum atomic E-state index is -1.70. The fourth-order valence-corrected chi connectivity index (χ4v) is 13.0. The number of aliphatic hydroxyl groups is 11. The first-order valence-electron chi connectivity index (χ1n) is 23.2. The van der Waals surface area contributed by atoms with E-state index in [2.05, 4.69) is 40.7 Å². The van der Waals surface area contributed by atoms with Gasteiger partial charge in [0, 0.05) is 0 Å². The van der Waals surface area contributed by atoms with Crippen molar-refractivity contribution in [3.63, 3.8) is 0 Å². The van der Waals surface area contributed by atoms with Crippen LogP contribution in [0.1, 0.15) is 99.3 Å². The summed E-state index contributed by atoms with van der Waals surface area (Å²) in [6.07, 6.45) is -13.4. The maximum atomic E-state index is 11.8. The minimum Gasteiger partial charge on any atom is -0.394 e. The second-order valence-corrected chi connectivity index (χ2v) is 20.8. The summed E-state index contributed by atoms with van der Waals surface area (Å²) in [6, 6.07) is 0. The Bertz CT molecular complexity index is 1520. The van der Waals surface area contributed by atoms with E-state index in [0.717, 1.165) is 32.1 Å². The van der Waals surface area contributed by atoms with Gasteiger partial charge in [-0.3, -0.25) is 0 Å². The Balaban J connectivity index is 1.12. The predicted octanol–water partition coefficient (Wildman–Crippen LogP) is -0.169. The Kier molecular flexibility index (Phi) is 15.3. The van der Waals surface area contributed by atoms with Crippen LogP contribution in [-0.4, -0.2) is 180 Å². The molecule has 0 aromatic heterocycles. The molecule has 4 aliphatic carbocycles. The van der Waals surface area contributed by atoms with Crippen LogP contribution in [0.25, 0.3) is 0 Å². The van der Waals surface area contributed by atoms with Gasteiger partial charge < -0.3 is 84.6 Å². The second-order valence-electron chi connectivity index (χ2n) is 20.8. The highest BCUT2D eigenvalue weighted by Crippen LogP contribution is 2.68. The van der Waals surface area contributed by atoms with E-state index in [1.165, 1.54) is 12.5 Å². The van der Waals surface area contributed by atoms with E-state index in [4.69, 9.17) is 28.4 Å². The molecule has 7 aliphatic rings. The summed E-state index contributed by atoms with van der Waals surface area (Å²) in [5, 5.41) is 118. The van der Waals surface area contributed by atoms with Crippen molar-refractivity contribution in [2.45, 2.75) is 210 Å². The van der Waals surface area contributed by atoms with Gasteiger partial charge in [0.2, 0.25) is 0 Å². The van der Waals surface area contributed by atoms with Crippen LogP contribution in [0.3, 0.4) is 0 Å². The molecule has 0 radical (unpaired) electrons. The number of aliphatic hydroxyl groups excluding tert-OH is 11. The van der Waals surface area contributed by atoms with Crippen LogP contribution < -0.4 is 0 Å². The third-order valence-electron chi connectivity index (χ3n) is 16.8. The number of fused-ring (bicyclic) bond motifs is 5. The summed E-state index contributed by atoms with van der Waals surface area (Å²) in [6.45, 7) is 11.3. The zero-order chi connectivity index (χ0) is 45.2. The summed E-state index contributed by atoms with van der Waals surface area (Å²) < 4.78 is 36.5. The Morgan fingerprint density at radius 1 is 0.694 bits per heavy atom. The Morgan fingerprint density at radius 2 is 1.31 bits per heavy atom. The quantitative estimate of drug-likeness (QED) is 0.107. The molecule has 0 aromatic rings. The van der Waals surface area contributed by atoms with Gasteiger partial charge in [0.25, 0.3) is 0 Å². The molecule has 11 N–H and O–H groups in total. The topological polar surface area (TPSA) is 278 Å². The van der Waals surface area contributed by atoms with Crippen LogP contribution in [0.4, 0.5) is 0 Å². The van der Waals surface area contributed by atoms with Crippen LogP contribution in [0, 0.1) is 46.3 Å². The zero-order valence-electron chi connectivity index (χ0n) is 37.1. The maximum Gasteiger partial charge on any atom is 0.187 e. The van der Waals surface area contributed by atoms with Crippen LogP contribution >= 0.6 is 0 Å². The largest absolute Gasteiger partial charge is 0.394 e. The second kappa shape index (κ2) is 19.3. The molecule has 3 saturated carbocycles. The lowest BCUT2D eigenvalue weighted by Crippen LogP contribution is -2.64. The van der Waals surface area contributed by atoms with Crippen molar-refractivity contribution in [1.82, 2.24) is 0 Å². The van der Waals surface area contributed by atoms with E-state index in [1.54, 1.807) is 0 Å². The van der Waals surface area contributed by atoms with E-state index >= 15 is 0 Å². The van der Waals surface area contributed by atoms with Gasteiger partial charge in [0.15, 0.2) is 18.9 Å². The van der Waals surface area contributed by atoms with Gasteiger partial charge >= 0.3 is 0 Å². The number of hydrogen-bond donors (Lipinski definition) is 11. The third kappa shape index (κ3) is 8.96. The Hall–Kier alpha value is -0.940. The van der Waals surface area contributed by atoms with Crippen LogP contribution in [-0.2, 0) is 28.4 Å². The highest BCUT2D eigenvalue weighted by molar-refractivity contribution is 5.26. The van der Waals surface area contributed by atoms with Gasteiger partial charge in [-0.1, -0.05) is 46.3 Å². The van der Waals surface area contributed by atoms with Crippen LogP contribution in [0.5, 0.6) is 0 Å². The van der Waals surface area contributed by atoms with Crippen molar-refractivity contribution in [3.05, 3.63) is 11.6 Å². The van der Waals surface area contributed by atoms with Crippen molar-refractivity contribution in [1.29, 1.82) is 0 Å². The monoisotopic (exact) mass is 889 g/mol. The number of rotatable bonds is 13. The van der Waals surface area contributed by atoms with Crippen molar-refractivity contribution < 1.29 is 84.6 Å². The van der Waals surface area contributed by atoms with Crippen molar-refractivity contribution >= 4 is 0 Å². The normalized spacial score (nSPS) is 51.8. The van der Waals surface area contributed by atoms with Gasteiger partial charge in [0.1, 0.15) is 67.1 Å². The van der Waals surface area contributed by atoms with Gasteiger partial charge in [-0.15, -0.1) is 0 Å². The smallest absolute Gasteiger partial charge is 0.187 e. The molecule has 3 heterocycles. The van der Waals surface area contributed by atoms with Gasteiger partial charge in [-0.05, 0) is 111 Å². The molecule has 7 rings (SSSR count). The van der Waals surface area contributed by atoms with Crippen molar-refractivity contribution in [3.8, 4) is 0 Å². The Labute approximate surface area is 364 Å². The summed E-state index contributed by atoms with van der Waals surface area (Å²) in [5.41, 5.74) is 0.874. The lowest BCUT2D eigenvalue weighted by molar-refractivity contribution is -0.362. The fraction of sp³-hybridized carbons (Fsp3) is 0.956. The molecule has 0 amide bonds. The molecule has 0 aromatic carbocycles. The van der Waals surface area contributed by atoms with Gasteiger partial charge in [0.05, 0.1) is 37.6 Å². The highest BCUT2D eigenvalue weighted by atomic mass is 16.7. The molecular formula is C45H76O17.